The number of hydrogen-bond acceptors (Lipinski definition) is 3. The molecular formula is C17H20ClN3O3. The number of urea groups is 1. The first-order valence-electron chi connectivity index (χ1n) is 8.10. The molecule has 7 heteroatoms. The van der Waals surface area contributed by atoms with Crippen molar-refractivity contribution < 1.29 is 14.4 Å². The molecule has 0 bridgehead atoms. The molecule has 0 aliphatic carbocycles. The largest absolute Gasteiger partial charge is 0.341 e. The normalized spacial score (nSPS) is 24.2. The van der Waals surface area contributed by atoms with E-state index in [-0.39, 0.29) is 12.5 Å². The topological polar surface area (TPSA) is 69.7 Å². The third-order valence-corrected chi connectivity index (χ3v) is 5.02. The number of amides is 4. The lowest BCUT2D eigenvalue weighted by molar-refractivity contribution is -0.139. The van der Waals surface area contributed by atoms with Gasteiger partial charge in [-0.05, 0) is 32.3 Å². The van der Waals surface area contributed by atoms with Crippen molar-refractivity contribution in [3.63, 3.8) is 0 Å². The van der Waals surface area contributed by atoms with Crippen LogP contribution >= 0.6 is 11.6 Å². The van der Waals surface area contributed by atoms with Gasteiger partial charge in [-0.15, -0.1) is 0 Å². The van der Waals surface area contributed by atoms with E-state index in [0.29, 0.717) is 23.7 Å². The first-order valence-corrected chi connectivity index (χ1v) is 8.48. The summed E-state index contributed by atoms with van der Waals surface area (Å²) in [7, 11) is 0. The Balaban J connectivity index is 1.79. The summed E-state index contributed by atoms with van der Waals surface area (Å²) in [5, 5.41) is 3.08. The highest BCUT2D eigenvalue weighted by atomic mass is 35.5. The molecule has 24 heavy (non-hydrogen) atoms. The summed E-state index contributed by atoms with van der Waals surface area (Å²) in [5.74, 6) is -0.646. The predicted molar refractivity (Wildman–Crippen MR) is 89.5 cm³/mol. The summed E-state index contributed by atoms with van der Waals surface area (Å²) in [5.41, 5.74) is -0.727. The number of piperidine rings is 1. The predicted octanol–water partition coefficient (Wildman–Crippen LogP) is 2.12. The smallest absolute Gasteiger partial charge is 0.325 e. The molecule has 0 radical (unpaired) electrons. The highest BCUT2D eigenvalue weighted by Crippen LogP contribution is 2.33. The van der Waals surface area contributed by atoms with E-state index in [1.807, 2.05) is 0 Å². The molecule has 128 valence electrons. The fraction of sp³-hybridized carbons (Fsp3) is 0.471. The van der Waals surface area contributed by atoms with Crippen LogP contribution in [0, 0.1) is 0 Å². The first-order chi connectivity index (χ1) is 11.4. The van der Waals surface area contributed by atoms with Crippen molar-refractivity contribution in [3.05, 3.63) is 34.9 Å². The molecule has 0 spiro atoms. The molecule has 2 aliphatic heterocycles. The van der Waals surface area contributed by atoms with Crippen LogP contribution < -0.4 is 5.32 Å². The van der Waals surface area contributed by atoms with Crippen molar-refractivity contribution in [1.82, 2.24) is 15.1 Å². The zero-order chi connectivity index (χ0) is 17.3. The van der Waals surface area contributed by atoms with Gasteiger partial charge in [-0.25, -0.2) is 4.79 Å². The van der Waals surface area contributed by atoms with Gasteiger partial charge < -0.3 is 10.2 Å². The van der Waals surface area contributed by atoms with Gasteiger partial charge in [-0.2, -0.15) is 0 Å². The van der Waals surface area contributed by atoms with Crippen LogP contribution in [-0.2, 0) is 15.1 Å². The molecule has 2 heterocycles. The van der Waals surface area contributed by atoms with Gasteiger partial charge in [0.15, 0.2) is 0 Å². The number of imide groups is 1. The third-order valence-electron chi connectivity index (χ3n) is 4.69. The number of carbonyl (C=O) groups excluding carboxylic acids is 3. The van der Waals surface area contributed by atoms with Gasteiger partial charge in [0.25, 0.3) is 5.91 Å². The summed E-state index contributed by atoms with van der Waals surface area (Å²) in [6, 6.07) is 6.33. The maximum absolute atomic E-state index is 12.8. The number of halogens is 1. The average molecular weight is 350 g/mol. The highest BCUT2D eigenvalue weighted by molar-refractivity contribution is 6.32. The van der Waals surface area contributed by atoms with Crippen LogP contribution in [0.15, 0.2) is 24.3 Å². The minimum atomic E-state index is -1.25. The lowest BCUT2D eigenvalue weighted by Crippen LogP contribution is -2.45. The number of nitrogens with one attached hydrogen (secondary N) is 1. The van der Waals surface area contributed by atoms with E-state index < -0.39 is 17.5 Å². The van der Waals surface area contributed by atoms with Gasteiger partial charge >= 0.3 is 6.03 Å². The van der Waals surface area contributed by atoms with Crippen LogP contribution in [0.4, 0.5) is 4.79 Å². The summed E-state index contributed by atoms with van der Waals surface area (Å²) in [6.45, 7) is 2.75. The van der Waals surface area contributed by atoms with Crippen molar-refractivity contribution in [1.29, 1.82) is 0 Å². The molecule has 2 aliphatic rings. The fourth-order valence-corrected chi connectivity index (χ4v) is 3.59. The Labute approximate surface area is 145 Å². The van der Waals surface area contributed by atoms with Crippen molar-refractivity contribution in [3.8, 4) is 0 Å². The van der Waals surface area contributed by atoms with Crippen LogP contribution in [0.25, 0.3) is 0 Å². The van der Waals surface area contributed by atoms with Crippen LogP contribution in [0.5, 0.6) is 0 Å². The molecule has 1 N–H and O–H groups in total. The molecular weight excluding hydrogens is 330 g/mol. The summed E-state index contributed by atoms with van der Waals surface area (Å²) in [6.07, 6.45) is 3.03. The Morgan fingerprint density at radius 3 is 2.54 bits per heavy atom. The summed E-state index contributed by atoms with van der Waals surface area (Å²) in [4.78, 5) is 40.2. The Morgan fingerprint density at radius 2 is 1.88 bits per heavy atom. The number of rotatable bonds is 3. The lowest BCUT2D eigenvalue weighted by Gasteiger charge is -2.28. The van der Waals surface area contributed by atoms with Gasteiger partial charge in [-0.1, -0.05) is 29.8 Å². The number of hydrogen-bond donors (Lipinski definition) is 1. The SMILES string of the molecule is C[C@]1(c2ccccc2Cl)NC(=O)N(CC(=O)N2CCCCC2)C1=O. The monoisotopic (exact) mass is 349 g/mol. The second kappa shape index (κ2) is 6.43. The van der Waals surface area contributed by atoms with Gasteiger partial charge in [0.05, 0.1) is 0 Å². The van der Waals surface area contributed by atoms with Crippen LogP contribution in [-0.4, -0.2) is 47.3 Å². The highest BCUT2D eigenvalue weighted by Gasteiger charge is 2.50. The molecule has 1 atom stereocenters. The van der Waals surface area contributed by atoms with E-state index >= 15 is 0 Å². The molecule has 0 aromatic heterocycles. The minimum Gasteiger partial charge on any atom is -0.341 e. The second-order valence-corrected chi connectivity index (χ2v) is 6.77. The second-order valence-electron chi connectivity index (χ2n) is 6.37. The molecule has 2 fully saturated rings. The standard InChI is InChI=1S/C17H20ClN3O3/c1-17(12-7-3-4-8-13(12)18)15(23)21(16(24)19-17)11-14(22)20-9-5-2-6-10-20/h3-4,7-8H,2,5-6,9-11H2,1H3,(H,19,24)/t17-/m1/s1. The molecule has 0 saturated carbocycles. The minimum absolute atomic E-state index is 0.193. The molecule has 1 aromatic carbocycles. The maximum atomic E-state index is 12.8. The average Bonchev–Trinajstić information content (AvgIpc) is 2.80. The number of likely N-dealkylation sites (tertiary alicyclic amines) is 1. The molecule has 2 saturated heterocycles. The molecule has 1 aromatic rings. The summed E-state index contributed by atoms with van der Waals surface area (Å²) >= 11 is 6.18. The Bertz CT molecular complexity index is 687. The molecule has 3 rings (SSSR count). The fourth-order valence-electron chi connectivity index (χ4n) is 3.27. The zero-order valence-electron chi connectivity index (χ0n) is 13.5. The van der Waals surface area contributed by atoms with Crippen LogP contribution in [0.1, 0.15) is 31.7 Å². The van der Waals surface area contributed by atoms with E-state index in [1.54, 1.807) is 36.1 Å². The van der Waals surface area contributed by atoms with Gasteiger partial charge in [0.1, 0.15) is 12.1 Å². The Kier molecular flexibility index (Phi) is 4.49. The van der Waals surface area contributed by atoms with E-state index in [4.69, 9.17) is 11.6 Å². The Hall–Kier alpha value is -2.08. The molecule has 0 unspecified atom stereocenters. The quantitative estimate of drug-likeness (QED) is 0.850. The lowest BCUT2D eigenvalue weighted by atomic mass is 9.92. The van der Waals surface area contributed by atoms with Crippen molar-refractivity contribution >= 4 is 29.4 Å². The van der Waals surface area contributed by atoms with E-state index in [1.165, 1.54) is 0 Å². The van der Waals surface area contributed by atoms with Crippen molar-refractivity contribution in [2.75, 3.05) is 19.6 Å². The zero-order valence-corrected chi connectivity index (χ0v) is 14.3. The number of nitrogens with zero attached hydrogens (tertiary/aromatic N) is 2. The number of carbonyl (C=O) groups is 3. The van der Waals surface area contributed by atoms with Crippen LogP contribution in [0.2, 0.25) is 5.02 Å². The number of benzene rings is 1. The van der Waals surface area contributed by atoms with Crippen molar-refractivity contribution in [2.24, 2.45) is 0 Å². The van der Waals surface area contributed by atoms with Gasteiger partial charge in [0, 0.05) is 23.7 Å². The van der Waals surface area contributed by atoms with Crippen molar-refractivity contribution in [2.45, 2.75) is 31.7 Å². The van der Waals surface area contributed by atoms with Gasteiger partial charge in [0.2, 0.25) is 5.91 Å². The third kappa shape index (κ3) is 2.86. The van der Waals surface area contributed by atoms with Gasteiger partial charge in [-0.3, -0.25) is 14.5 Å². The first kappa shape index (κ1) is 16.8. The van der Waals surface area contributed by atoms with E-state index in [2.05, 4.69) is 5.32 Å². The Morgan fingerprint density at radius 1 is 1.21 bits per heavy atom. The van der Waals surface area contributed by atoms with E-state index in [0.717, 1.165) is 24.2 Å². The van der Waals surface area contributed by atoms with Crippen LogP contribution in [0.3, 0.4) is 0 Å². The summed E-state index contributed by atoms with van der Waals surface area (Å²) < 4.78 is 0. The molecule has 6 nitrogen and oxygen atoms in total. The van der Waals surface area contributed by atoms with E-state index in [9.17, 15) is 14.4 Å². The molecule has 4 amide bonds. The maximum Gasteiger partial charge on any atom is 0.325 e.